The van der Waals surface area contributed by atoms with Gasteiger partial charge in [0.25, 0.3) is 0 Å². The molecule has 2 aromatic heterocycles. The molecule has 0 unspecified atom stereocenters. The minimum atomic E-state index is -0.630. The monoisotopic (exact) mass is 1000 g/mol. The van der Waals surface area contributed by atoms with Gasteiger partial charge in [0.2, 0.25) is 0 Å². The molecule has 0 saturated heterocycles. The van der Waals surface area contributed by atoms with Crippen molar-refractivity contribution in [3.05, 3.63) is 266 Å². The summed E-state index contributed by atoms with van der Waals surface area (Å²) >= 11 is 0. The van der Waals surface area contributed by atoms with Crippen LogP contribution in [0.5, 0.6) is 23.0 Å². The van der Waals surface area contributed by atoms with Crippen LogP contribution in [0.2, 0.25) is 0 Å². The zero-order valence-electron chi connectivity index (χ0n) is 61.1. The maximum atomic E-state index is 9.12. The molecule has 0 spiro atoms. The number of aromatic nitrogens is 2. The van der Waals surface area contributed by atoms with Crippen molar-refractivity contribution in [2.75, 3.05) is 16.5 Å². The Bertz CT molecular complexity index is 5030. The molecular formula is C70H54N4O2. The molecule has 12 aromatic rings. The lowest BCUT2D eigenvalue weighted by molar-refractivity contribution is 0.483. The first-order valence-electron chi connectivity index (χ1n) is 34.3. The first-order chi connectivity index (χ1) is 45.6. The number of pyridine rings is 1. The number of fused-ring (bicyclic) bond motifs is 4. The summed E-state index contributed by atoms with van der Waals surface area (Å²) in [6, 6.07) is 27.3. The van der Waals surface area contributed by atoms with Crippen molar-refractivity contribution in [1.82, 2.24) is 9.55 Å². The minimum Gasteiger partial charge on any atom is -0.457 e. The number of para-hydroxylation sites is 4. The third kappa shape index (κ3) is 8.59. The van der Waals surface area contributed by atoms with Crippen molar-refractivity contribution in [1.29, 1.82) is 0 Å². The lowest BCUT2D eigenvalue weighted by Crippen LogP contribution is -2.24. The van der Waals surface area contributed by atoms with Crippen molar-refractivity contribution in [3.8, 4) is 73.3 Å². The Hall–Kier alpha value is -9.65. The van der Waals surface area contributed by atoms with Crippen molar-refractivity contribution in [3.63, 3.8) is 0 Å². The van der Waals surface area contributed by atoms with Gasteiger partial charge in [-0.25, -0.2) is 4.98 Å². The van der Waals surface area contributed by atoms with Crippen LogP contribution >= 0.6 is 0 Å². The van der Waals surface area contributed by atoms with Crippen molar-refractivity contribution in [2.45, 2.75) is 26.2 Å². The summed E-state index contributed by atoms with van der Waals surface area (Å²) < 4.78 is 190. The van der Waals surface area contributed by atoms with Gasteiger partial charge in [-0.2, -0.15) is 0 Å². The van der Waals surface area contributed by atoms with E-state index in [-0.39, 0.29) is 73.8 Å². The molecule has 76 heavy (non-hydrogen) atoms. The number of hydrogen-bond acceptors (Lipinski definition) is 5. The topological polar surface area (TPSA) is 42.8 Å². The molecule has 6 heteroatoms. The van der Waals surface area contributed by atoms with E-state index in [0.29, 0.717) is 39.9 Å². The quantitative estimate of drug-likeness (QED) is 0.129. The number of hydrogen-bond donors (Lipinski definition) is 0. The average molecular weight is 1000 g/mol. The lowest BCUT2D eigenvalue weighted by Gasteiger charge is -2.27. The second-order valence-corrected chi connectivity index (χ2v) is 18.9. The predicted octanol–water partition coefficient (Wildman–Crippen LogP) is 19.0. The van der Waals surface area contributed by atoms with Crippen LogP contribution in [0.4, 0.5) is 22.7 Å². The summed E-state index contributed by atoms with van der Waals surface area (Å²) in [5.41, 5.74) is 3.73. The molecule has 0 bridgehead atoms. The summed E-state index contributed by atoms with van der Waals surface area (Å²) in [4.78, 5) is 8.67. The summed E-state index contributed by atoms with van der Waals surface area (Å²) in [5, 5.41) is 1.69. The molecule has 0 radical (unpaired) electrons. The van der Waals surface area contributed by atoms with E-state index in [4.69, 9.17) is 41.9 Å². The fraction of sp³-hybridized carbons (Fsp3) is 0.0714. The van der Waals surface area contributed by atoms with Gasteiger partial charge in [0, 0.05) is 63.1 Å². The first kappa shape index (κ1) is 29.3. The number of rotatable bonds is 11. The molecule has 0 N–H and O–H groups in total. The maximum Gasteiger partial charge on any atom is 0.143 e. The molecule has 1 aliphatic heterocycles. The summed E-state index contributed by atoms with van der Waals surface area (Å²) in [6.45, 7) is 6.35. The van der Waals surface area contributed by atoms with Gasteiger partial charge in [0.05, 0.1) is 55.5 Å². The van der Waals surface area contributed by atoms with E-state index in [1.165, 1.54) is 30.5 Å². The summed E-state index contributed by atoms with van der Waals surface area (Å²) in [6.07, 6.45) is 1.50. The fourth-order valence-corrected chi connectivity index (χ4v) is 9.78. The van der Waals surface area contributed by atoms with Crippen molar-refractivity contribution >= 4 is 44.6 Å². The highest BCUT2D eigenvalue weighted by molar-refractivity contribution is 6.10. The van der Waals surface area contributed by atoms with Crippen molar-refractivity contribution in [2.24, 2.45) is 0 Å². The molecule has 13 rings (SSSR count). The Labute approximate surface area is 472 Å². The Morgan fingerprint density at radius 2 is 0.987 bits per heavy atom. The largest absolute Gasteiger partial charge is 0.457 e. The van der Waals surface area contributed by atoms with Crippen molar-refractivity contribution < 1.29 is 36.9 Å². The molecule has 0 atom stereocenters. The molecule has 1 aliphatic rings. The number of anilines is 4. The molecule has 3 heterocycles. The number of nitrogens with zero attached hydrogens (tertiary/aromatic N) is 4. The van der Waals surface area contributed by atoms with Crippen LogP contribution in [0, 0.1) is 0 Å². The van der Waals surface area contributed by atoms with Crippen LogP contribution < -0.4 is 19.3 Å². The Morgan fingerprint density at radius 3 is 1.59 bits per heavy atom. The lowest BCUT2D eigenvalue weighted by atomic mass is 9.86. The molecular weight excluding hydrogens is 929 g/mol. The third-order valence-electron chi connectivity index (χ3n) is 13.3. The van der Waals surface area contributed by atoms with E-state index >= 15 is 0 Å². The highest BCUT2D eigenvalue weighted by Crippen LogP contribution is 2.51. The Kier molecular flexibility index (Phi) is 7.45. The zero-order chi connectivity index (χ0) is 68.6. The maximum absolute atomic E-state index is 9.12. The summed E-state index contributed by atoms with van der Waals surface area (Å²) in [5.74, 6) is 1.09. The van der Waals surface area contributed by atoms with Crippen LogP contribution in [0.1, 0.15) is 53.7 Å². The molecule has 0 aliphatic carbocycles. The Morgan fingerprint density at radius 1 is 0.447 bits per heavy atom. The fourth-order valence-electron chi connectivity index (χ4n) is 9.78. The predicted molar refractivity (Wildman–Crippen MR) is 314 cm³/mol. The van der Waals surface area contributed by atoms with Gasteiger partial charge in [-0.1, -0.05) is 202 Å². The van der Waals surface area contributed by atoms with Crippen LogP contribution in [-0.4, -0.2) is 16.2 Å². The molecule has 366 valence electrons. The van der Waals surface area contributed by atoms with Crippen LogP contribution in [-0.2, 0) is 5.41 Å². The molecule has 0 saturated carbocycles. The smallest absolute Gasteiger partial charge is 0.143 e. The van der Waals surface area contributed by atoms with Crippen LogP contribution in [0.15, 0.2) is 261 Å². The number of ether oxygens (including phenoxy) is 2. The van der Waals surface area contributed by atoms with Crippen LogP contribution in [0.3, 0.4) is 0 Å². The van der Waals surface area contributed by atoms with E-state index in [2.05, 4.69) is 26.8 Å². The average Bonchev–Trinajstić information content (AvgIpc) is 1.35. The first-order valence-corrected chi connectivity index (χ1v) is 24.3. The minimum absolute atomic E-state index is 0.0110. The van der Waals surface area contributed by atoms with E-state index in [0.717, 1.165) is 21.9 Å². The second-order valence-electron chi connectivity index (χ2n) is 18.9. The van der Waals surface area contributed by atoms with E-state index < -0.39 is 121 Å². The van der Waals surface area contributed by atoms with E-state index in [1.54, 1.807) is 30.3 Å². The molecule has 0 fully saturated rings. The van der Waals surface area contributed by atoms with E-state index in [1.807, 2.05) is 87.2 Å². The molecule has 10 aromatic carbocycles. The van der Waals surface area contributed by atoms with Gasteiger partial charge in [-0.3, -0.25) is 4.57 Å². The van der Waals surface area contributed by atoms with Crippen LogP contribution in [0.25, 0.3) is 72.1 Å². The molecule has 0 amide bonds. The second kappa shape index (κ2) is 19.3. The SMILES string of the molecule is [2H]c1c([2H])c([2H])c(-c2cccc(-c3c([2H])c([2H])c([2H])c([2H])c3[2H])c2Oc2ccnc(-n3c4ccc(C(C)(C)C)cc4c4ccc(Oc5cccc(N6CN(c7c(-c8c([2H])c([2H])c([2H])c([2H])c8[2H])cccc7-c7c([2H])c([2H])c([2H])c([2H])c7[2H])c7ccccc76)c5)cc43)c2)c([2H])c1[2H]. The van der Waals surface area contributed by atoms with Gasteiger partial charge in [-0.15, -0.1) is 0 Å². The van der Waals surface area contributed by atoms with Gasteiger partial charge in [-0.05, 0) is 87.8 Å². The Balaban J connectivity index is 0.923. The zero-order valence-corrected chi connectivity index (χ0v) is 41.1. The van der Waals surface area contributed by atoms with Gasteiger partial charge < -0.3 is 19.3 Å². The highest BCUT2D eigenvalue weighted by Gasteiger charge is 2.31. The normalized spacial score (nSPS) is 16.0. The molecule has 6 nitrogen and oxygen atoms in total. The van der Waals surface area contributed by atoms with Gasteiger partial charge in [0.1, 0.15) is 35.5 Å². The highest BCUT2D eigenvalue weighted by atomic mass is 16.5. The van der Waals surface area contributed by atoms with E-state index in [9.17, 15) is 0 Å². The van der Waals surface area contributed by atoms with Gasteiger partial charge >= 0.3 is 0 Å². The third-order valence-corrected chi connectivity index (χ3v) is 13.3. The number of benzene rings is 10. The standard InChI is InChI=1S/C70H54N4O2/c1-70(2,3)52-37-40-63-62(43-52)61-39-38-55(45-66(61)74(63)67-46-56(41-42-71-67)76-69-59(50-25-12-6-13-26-50)33-20-34-60(69)51-27-14-7-15-28-51)75-54-30-18-29-53(44-54)72-47-73(65-36-17-16-35-64(65)72)68-57(48-21-8-4-9-22-48)31-19-32-58(68)49-23-10-5-11-24-49/h4-46H,47H2,1-3H3/i4D,5D,6D,7D,8D,9D,10D,11D,12D,13D,14D,15D,21D,22D,23D,24D,25D,26D,27D,28D. The van der Waals surface area contributed by atoms with Gasteiger partial charge in [0.15, 0.2) is 0 Å². The summed E-state index contributed by atoms with van der Waals surface area (Å²) in [7, 11) is 0.